The second-order valence-electron chi connectivity index (χ2n) is 6.50. The number of carbonyl (C=O) groups is 1. The monoisotopic (exact) mass is 388 g/mol. The summed E-state index contributed by atoms with van der Waals surface area (Å²) in [5.74, 6) is 0.655. The average molecular weight is 388 g/mol. The van der Waals surface area contributed by atoms with Crippen molar-refractivity contribution >= 4 is 22.8 Å². The van der Waals surface area contributed by atoms with Crippen molar-refractivity contribution in [2.45, 2.75) is 6.42 Å². The number of anilines is 1. The van der Waals surface area contributed by atoms with Crippen molar-refractivity contribution < 1.29 is 9.90 Å². The molecule has 0 unspecified atom stereocenters. The van der Waals surface area contributed by atoms with Gasteiger partial charge in [-0.3, -0.25) is 4.79 Å². The van der Waals surface area contributed by atoms with Crippen LogP contribution in [0.1, 0.15) is 16.8 Å². The Bertz CT molecular complexity index is 1120. The molecule has 0 bridgehead atoms. The fourth-order valence-electron chi connectivity index (χ4n) is 2.95. The zero-order valence-corrected chi connectivity index (χ0v) is 15.6. The van der Waals surface area contributed by atoms with Gasteiger partial charge in [-0.05, 0) is 30.7 Å². The van der Waals surface area contributed by atoms with Crippen LogP contribution in [-0.2, 0) is 0 Å². The molecule has 0 atom stereocenters. The van der Waals surface area contributed by atoms with Crippen LogP contribution in [0.3, 0.4) is 0 Å². The Morgan fingerprint density at radius 3 is 2.66 bits per heavy atom. The van der Waals surface area contributed by atoms with E-state index in [4.69, 9.17) is 10.8 Å². The van der Waals surface area contributed by atoms with Crippen LogP contribution in [0.4, 0.5) is 5.82 Å². The molecule has 8 heteroatoms. The number of nitrogens with zero attached hydrogens (tertiary/aromatic N) is 3. The van der Waals surface area contributed by atoms with Crippen molar-refractivity contribution in [2.24, 2.45) is 0 Å². The smallest absolute Gasteiger partial charge is 0.251 e. The van der Waals surface area contributed by atoms with Gasteiger partial charge in [-0.25, -0.2) is 15.0 Å². The molecule has 2 aromatic carbocycles. The maximum Gasteiger partial charge on any atom is 0.251 e. The highest BCUT2D eigenvalue weighted by Crippen LogP contribution is 2.26. The first-order chi connectivity index (χ1) is 14.2. The third-order valence-electron chi connectivity index (χ3n) is 4.48. The molecule has 146 valence electrons. The van der Waals surface area contributed by atoms with Gasteiger partial charge < -0.3 is 21.1 Å². The number of para-hydroxylation sites is 2. The molecule has 0 aliphatic heterocycles. The van der Waals surface area contributed by atoms with Crippen LogP contribution in [0.25, 0.3) is 33.8 Å². The number of nitrogens with one attached hydrogen (secondary N) is 2. The number of hydrogen-bond acceptors (Lipinski definition) is 6. The van der Waals surface area contributed by atoms with Gasteiger partial charge in [-0.15, -0.1) is 0 Å². The van der Waals surface area contributed by atoms with Gasteiger partial charge in [0.05, 0.1) is 22.9 Å². The van der Waals surface area contributed by atoms with Crippen molar-refractivity contribution in [1.29, 1.82) is 0 Å². The summed E-state index contributed by atoms with van der Waals surface area (Å²) in [4.78, 5) is 28.7. The highest BCUT2D eigenvalue weighted by Gasteiger charge is 2.13. The first-order valence-electron chi connectivity index (χ1n) is 9.23. The number of aliphatic hydroxyl groups excluding tert-OH is 1. The Balaban J connectivity index is 1.61. The maximum absolute atomic E-state index is 12.1. The number of amides is 1. The number of carbonyl (C=O) groups excluding carboxylic acids is 1. The number of benzene rings is 2. The lowest BCUT2D eigenvalue weighted by atomic mass is 10.1. The van der Waals surface area contributed by atoms with Crippen molar-refractivity contribution in [3.05, 3.63) is 60.3 Å². The standard InChI is InChI=1S/C21H20N6O2/c22-19-18(20-26-15-4-1-2-5-16(15)27-20)25-17(12-24-19)13-6-8-14(9-7-13)21(29)23-10-3-11-28/h1-2,4-9,12,28H,3,10-11H2,(H2,22,24)(H,23,29)(H,26,27). The molecule has 1 amide bonds. The highest BCUT2D eigenvalue weighted by atomic mass is 16.3. The molecule has 2 heterocycles. The van der Waals surface area contributed by atoms with Gasteiger partial charge in [-0.2, -0.15) is 0 Å². The molecule has 0 saturated carbocycles. The predicted octanol–water partition coefficient (Wildman–Crippen LogP) is 2.38. The molecule has 0 spiro atoms. The van der Waals surface area contributed by atoms with Gasteiger partial charge in [0.2, 0.25) is 0 Å². The quantitative estimate of drug-likeness (QED) is 0.375. The lowest BCUT2D eigenvalue weighted by Gasteiger charge is -2.07. The van der Waals surface area contributed by atoms with E-state index < -0.39 is 0 Å². The minimum absolute atomic E-state index is 0.0442. The summed E-state index contributed by atoms with van der Waals surface area (Å²) in [7, 11) is 0. The summed E-state index contributed by atoms with van der Waals surface area (Å²) in [6, 6.07) is 14.8. The zero-order chi connectivity index (χ0) is 20.2. The Morgan fingerprint density at radius 1 is 1.10 bits per heavy atom. The number of nitrogens with two attached hydrogens (primary N) is 1. The average Bonchev–Trinajstić information content (AvgIpc) is 3.18. The fraction of sp³-hybridized carbons (Fsp3) is 0.143. The normalized spacial score (nSPS) is 10.9. The number of aromatic nitrogens is 4. The molecule has 0 fully saturated rings. The van der Waals surface area contributed by atoms with Crippen LogP contribution < -0.4 is 11.1 Å². The molecular weight excluding hydrogens is 368 g/mol. The minimum atomic E-state index is -0.184. The molecule has 0 aliphatic rings. The van der Waals surface area contributed by atoms with Crippen molar-refractivity contribution in [1.82, 2.24) is 25.3 Å². The lowest BCUT2D eigenvalue weighted by Crippen LogP contribution is -2.24. The predicted molar refractivity (Wildman–Crippen MR) is 111 cm³/mol. The highest BCUT2D eigenvalue weighted by molar-refractivity contribution is 5.94. The van der Waals surface area contributed by atoms with Crippen LogP contribution >= 0.6 is 0 Å². The summed E-state index contributed by atoms with van der Waals surface area (Å²) in [6.45, 7) is 0.476. The molecule has 0 aliphatic carbocycles. The number of nitrogen functional groups attached to an aromatic ring is 1. The Kier molecular flexibility index (Phi) is 5.17. The largest absolute Gasteiger partial charge is 0.396 e. The number of aromatic amines is 1. The summed E-state index contributed by atoms with van der Waals surface area (Å²) in [6.07, 6.45) is 2.12. The third-order valence-corrected chi connectivity index (χ3v) is 4.48. The zero-order valence-electron chi connectivity index (χ0n) is 15.6. The summed E-state index contributed by atoms with van der Waals surface area (Å²) >= 11 is 0. The van der Waals surface area contributed by atoms with E-state index in [9.17, 15) is 4.79 Å². The van der Waals surface area contributed by atoms with E-state index in [1.165, 1.54) is 0 Å². The van der Waals surface area contributed by atoms with E-state index in [1.807, 2.05) is 36.4 Å². The van der Waals surface area contributed by atoms with E-state index in [-0.39, 0.29) is 18.3 Å². The summed E-state index contributed by atoms with van der Waals surface area (Å²) in [5, 5.41) is 11.6. The van der Waals surface area contributed by atoms with E-state index in [1.54, 1.807) is 18.3 Å². The molecule has 2 aromatic heterocycles. The third kappa shape index (κ3) is 3.92. The molecule has 4 aromatic rings. The van der Waals surface area contributed by atoms with E-state index in [0.29, 0.717) is 35.7 Å². The van der Waals surface area contributed by atoms with Crippen molar-refractivity contribution in [3.8, 4) is 22.8 Å². The summed E-state index contributed by atoms with van der Waals surface area (Å²) < 4.78 is 0. The number of H-pyrrole nitrogens is 1. The van der Waals surface area contributed by atoms with Gasteiger partial charge in [0.15, 0.2) is 11.6 Å². The van der Waals surface area contributed by atoms with Crippen LogP contribution in [0.5, 0.6) is 0 Å². The lowest BCUT2D eigenvalue weighted by molar-refractivity contribution is 0.0951. The number of imidazole rings is 1. The maximum atomic E-state index is 12.1. The molecule has 29 heavy (non-hydrogen) atoms. The number of hydrogen-bond donors (Lipinski definition) is 4. The Hall–Kier alpha value is -3.78. The van der Waals surface area contributed by atoms with Gasteiger partial charge in [0.1, 0.15) is 5.69 Å². The number of aliphatic hydroxyl groups is 1. The number of fused-ring (bicyclic) bond motifs is 1. The van der Waals surface area contributed by atoms with Crippen molar-refractivity contribution in [2.75, 3.05) is 18.9 Å². The van der Waals surface area contributed by atoms with Crippen LogP contribution in [0, 0.1) is 0 Å². The first kappa shape index (κ1) is 18.6. The molecule has 5 N–H and O–H groups in total. The SMILES string of the molecule is Nc1ncc(-c2ccc(C(=O)NCCCO)cc2)nc1-c1nc2ccccc2[nH]1. The van der Waals surface area contributed by atoms with Gasteiger partial charge in [0.25, 0.3) is 5.91 Å². The molecule has 4 rings (SSSR count). The fourth-order valence-corrected chi connectivity index (χ4v) is 2.95. The second-order valence-corrected chi connectivity index (χ2v) is 6.50. The molecule has 8 nitrogen and oxygen atoms in total. The second kappa shape index (κ2) is 8.07. The van der Waals surface area contributed by atoms with Gasteiger partial charge in [0, 0.05) is 24.3 Å². The topological polar surface area (TPSA) is 130 Å². The molecular formula is C21H20N6O2. The molecule has 0 saturated heterocycles. The molecule has 0 radical (unpaired) electrons. The first-order valence-corrected chi connectivity index (χ1v) is 9.23. The van der Waals surface area contributed by atoms with E-state index >= 15 is 0 Å². The van der Waals surface area contributed by atoms with Crippen molar-refractivity contribution in [3.63, 3.8) is 0 Å². The Morgan fingerprint density at radius 2 is 1.90 bits per heavy atom. The number of rotatable bonds is 6. The Labute approximate surface area is 166 Å². The van der Waals surface area contributed by atoms with Gasteiger partial charge in [-0.1, -0.05) is 24.3 Å². The van der Waals surface area contributed by atoms with Crippen LogP contribution in [0.15, 0.2) is 54.7 Å². The van der Waals surface area contributed by atoms with E-state index in [2.05, 4.69) is 25.3 Å². The minimum Gasteiger partial charge on any atom is -0.396 e. The van der Waals surface area contributed by atoms with Gasteiger partial charge >= 0.3 is 0 Å². The van der Waals surface area contributed by atoms with E-state index in [0.717, 1.165) is 16.6 Å². The van der Waals surface area contributed by atoms with Crippen LogP contribution in [-0.4, -0.2) is 44.1 Å². The van der Waals surface area contributed by atoms with Crippen LogP contribution in [0.2, 0.25) is 0 Å². The summed E-state index contributed by atoms with van der Waals surface area (Å²) in [5.41, 5.74) is 10.2.